The van der Waals surface area contributed by atoms with Crippen molar-refractivity contribution in [3.8, 4) is 11.9 Å². The van der Waals surface area contributed by atoms with Gasteiger partial charge in [-0.2, -0.15) is 5.26 Å². The lowest BCUT2D eigenvalue weighted by molar-refractivity contribution is 0.293. The van der Waals surface area contributed by atoms with Crippen LogP contribution in [0.5, 0.6) is 5.88 Å². The van der Waals surface area contributed by atoms with Crippen LogP contribution in [-0.4, -0.2) is 4.98 Å². The molecular formula is C14H12N2O. The van der Waals surface area contributed by atoms with Gasteiger partial charge in [-0.3, -0.25) is 0 Å². The third-order valence-corrected chi connectivity index (χ3v) is 2.33. The minimum Gasteiger partial charge on any atom is -0.473 e. The molecule has 3 heteroatoms. The molecule has 0 bridgehead atoms. The van der Waals surface area contributed by atoms with Crippen LogP contribution in [0.25, 0.3) is 0 Å². The number of rotatable bonds is 3. The van der Waals surface area contributed by atoms with E-state index in [1.165, 1.54) is 0 Å². The molecule has 0 aliphatic heterocycles. The van der Waals surface area contributed by atoms with E-state index in [1.54, 1.807) is 12.3 Å². The van der Waals surface area contributed by atoms with Crippen molar-refractivity contribution in [3.63, 3.8) is 0 Å². The van der Waals surface area contributed by atoms with Crippen LogP contribution in [-0.2, 0) is 6.61 Å². The molecule has 0 spiro atoms. The summed E-state index contributed by atoms with van der Waals surface area (Å²) in [4.78, 5) is 4.11. The maximum atomic E-state index is 8.78. The van der Waals surface area contributed by atoms with Gasteiger partial charge in [0.15, 0.2) is 0 Å². The molecule has 0 radical (unpaired) electrons. The molecule has 0 saturated heterocycles. The predicted molar refractivity (Wildman–Crippen MR) is 64.5 cm³/mol. The van der Waals surface area contributed by atoms with E-state index in [9.17, 15) is 0 Å². The smallest absolute Gasteiger partial charge is 0.213 e. The summed E-state index contributed by atoms with van der Waals surface area (Å²) in [5.41, 5.74) is 2.72. The summed E-state index contributed by atoms with van der Waals surface area (Å²) in [5, 5.41) is 8.78. The summed E-state index contributed by atoms with van der Waals surface area (Å²) in [5.74, 6) is 0.604. The zero-order chi connectivity index (χ0) is 12.1. The first kappa shape index (κ1) is 11.2. The van der Waals surface area contributed by atoms with Gasteiger partial charge in [-0.25, -0.2) is 4.98 Å². The highest BCUT2D eigenvalue weighted by Gasteiger charge is 1.98. The lowest BCUT2D eigenvalue weighted by Crippen LogP contribution is -1.97. The second kappa shape index (κ2) is 5.13. The largest absolute Gasteiger partial charge is 0.473 e. The quantitative estimate of drug-likeness (QED) is 0.805. The number of hydrogen-bond donors (Lipinski definition) is 0. The zero-order valence-electron chi connectivity index (χ0n) is 9.55. The van der Waals surface area contributed by atoms with E-state index >= 15 is 0 Å². The van der Waals surface area contributed by atoms with Gasteiger partial charge in [-0.1, -0.05) is 12.1 Å². The molecule has 1 heterocycles. The number of benzene rings is 1. The molecule has 2 aromatic rings. The first-order valence-corrected chi connectivity index (χ1v) is 5.32. The van der Waals surface area contributed by atoms with Gasteiger partial charge in [-0.05, 0) is 36.2 Å². The van der Waals surface area contributed by atoms with Gasteiger partial charge in [0, 0.05) is 12.3 Å². The SMILES string of the molecule is Cc1ccnc(OCc2cccc(C#N)c2)c1. The Balaban J connectivity index is 2.05. The van der Waals surface area contributed by atoms with Crippen LogP contribution in [0.2, 0.25) is 0 Å². The maximum Gasteiger partial charge on any atom is 0.213 e. The third-order valence-electron chi connectivity index (χ3n) is 2.33. The minimum atomic E-state index is 0.423. The number of pyridine rings is 1. The molecule has 1 aromatic carbocycles. The molecule has 0 atom stereocenters. The number of hydrogen-bond acceptors (Lipinski definition) is 3. The molecule has 0 saturated carbocycles. The Morgan fingerprint density at radius 1 is 1.29 bits per heavy atom. The van der Waals surface area contributed by atoms with Gasteiger partial charge < -0.3 is 4.74 Å². The van der Waals surface area contributed by atoms with Gasteiger partial charge in [-0.15, -0.1) is 0 Å². The molecule has 0 fully saturated rings. The van der Waals surface area contributed by atoms with E-state index in [-0.39, 0.29) is 0 Å². The highest BCUT2D eigenvalue weighted by Crippen LogP contribution is 2.11. The van der Waals surface area contributed by atoms with Gasteiger partial charge in [0.1, 0.15) is 6.61 Å². The molecule has 1 aromatic heterocycles. The molecule has 0 aliphatic carbocycles. The Hall–Kier alpha value is -2.34. The fourth-order valence-electron chi connectivity index (χ4n) is 1.48. The topological polar surface area (TPSA) is 45.9 Å². The lowest BCUT2D eigenvalue weighted by atomic mass is 10.1. The van der Waals surface area contributed by atoms with E-state index in [0.29, 0.717) is 18.1 Å². The van der Waals surface area contributed by atoms with Crippen LogP contribution in [0.4, 0.5) is 0 Å². The van der Waals surface area contributed by atoms with Gasteiger partial charge in [0.05, 0.1) is 11.6 Å². The normalized spacial score (nSPS) is 9.65. The number of nitrogens with zero attached hydrogens (tertiary/aromatic N) is 2. The second-order valence-electron chi connectivity index (χ2n) is 3.77. The molecule has 17 heavy (non-hydrogen) atoms. The molecule has 0 aliphatic rings. The summed E-state index contributed by atoms with van der Waals surface area (Å²) in [6, 6.07) is 13.3. The first-order valence-electron chi connectivity index (χ1n) is 5.32. The minimum absolute atomic E-state index is 0.423. The summed E-state index contributed by atoms with van der Waals surface area (Å²) in [6.07, 6.45) is 1.72. The van der Waals surface area contributed by atoms with Crippen molar-refractivity contribution in [2.24, 2.45) is 0 Å². The van der Waals surface area contributed by atoms with Crippen molar-refractivity contribution >= 4 is 0 Å². The van der Waals surface area contributed by atoms with Crippen LogP contribution >= 0.6 is 0 Å². The van der Waals surface area contributed by atoms with Gasteiger partial charge in [0.25, 0.3) is 0 Å². The average molecular weight is 224 g/mol. The molecule has 0 N–H and O–H groups in total. The van der Waals surface area contributed by atoms with Crippen LogP contribution in [0.3, 0.4) is 0 Å². The first-order chi connectivity index (χ1) is 8.28. The number of nitriles is 1. The van der Waals surface area contributed by atoms with Crippen molar-refractivity contribution in [1.29, 1.82) is 5.26 Å². The van der Waals surface area contributed by atoms with E-state index < -0.39 is 0 Å². The van der Waals surface area contributed by atoms with Gasteiger partial charge >= 0.3 is 0 Å². The standard InChI is InChI=1S/C14H12N2O/c1-11-5-6-16-14(7-11)17-10-13-4-2-3-12(8-13)9-15/h2-8H,10H2,1H3. The Kier molecular flexibility index (Phi) is 3.37. The van der Waals surface area contributed by atoms with Crippen molar-refractivity contribution in [2.45, 2.75) is 13.5 Å². The summed E-state index contributed by atoms with van der Waals surface area (Å²) < 4.78 is 5.55. The summed E-state index contributed by atoms with van der Waals surface area (Å²) in [7, 11) is 0. The molecule has 3 nitrogen and oxygen atoms in total. The Bertz CT molecular complexity index is 558. The van der Waals surface area contributed by atoms with Gasteiger partial charge in [0.2, 0.25) is 5.88 Å². The Morgan fingerprint density at radius 3 is 2.94 bits per heavy atom. The molecule has 84 valence electrons. The molecule has 0 unspecified atom stereocenters. The Labute approximate surface area is 100 Å². The highest BCUT2D eigenvalue weighted by molar-refractivity contribution is 5.32. The number of ether oxygens (including phenoxy) is 1. The molecular weight excluding hydrogens is 212 g/mol. The predicted octanol–water partition coefficient (Wildman–Crippen LogP) is 2.84. The fourth-order valence-corrected chi connectivity index (χ4v) is 1.48. The van der Waals surface area contributed by atoms with E-state index in [0.717, 1.165) is 11.1 Å². The molecule has 0 amide bonds. The fraction of sp³-hybridized carbons (Fsp3) is 0.143. The van der Waals surface area contributed by atoms with Crippen LogP contribution in [0.15, 0.2) is 42.6 Å². The van der Waals surface area contributed by atoms with Crippen LogP contribution in [0.1, 0.15) is 16.7 Å². The van der Waals surface area contributed by atoms with E-state index in [4.69, 9.17) is 10.00 Å². The molecule has 2 rings (SSSR count). The third kappa shape index (κ3) is 3.05. The van der Waals surface area contributed by atoms with Crippen molar-refractivity contribution in [2.75, 3.05) is 0 Å². The monoisotopic (exact) mass is 224 g/mol. The van der Waals surface area contributed by atoms with Crippen molar-refractivity contribution < 1.29 is 4.74 Å². The number of aryl methyl sites for hydroxylation is 1. The Morgan fingerprint density at radius 2 is 2.18 bits per heavy atom. The number of aromatic nitrogens is 1. The average Bonchev–Trinajstić information content (AvgIpc) is 2.37. The second-order valence-corrected chi connectivity index (χ2v) is 3.77. The van der Waals surface area contributed by atoms with Crippen molar-refractivity contribution in [1.82, 2.24) is 4.98 Å². The van der Waals surface area contributed by atoms with E-state index in [2.05, 4.69) is 11.1 Å². The van der Waals surface area contributed by atoms with Crippen LogP contribution in [0, 0.1) is 18.3 Å². The van der Waals surface area contributed by atoms with Crippen molar-refractivity contribution in [3.05, 3.63) is 59.3 Å². The van der Waals surface area contributed by atoms with E-state index in [1.807, 2.05) is 37.3 Å². The lowest BCUT2D eigenvalue weighted by Gasteiger charge is -2.05. The summed E-state index contributed by atoms with van der Waals surface area (Å²) in [6.45, 7) is 2.41. The highest BCUT2D eigenvalue weighted by atomic mass is 16.5. The zero-order valence-corrected chi connectivity index (χ0v) is 9.55. The summed E-state index contributed by atoms with van der Waals surface area (Å²) >= 11 is 0. The maximum absolute atomic E-state index is 8.78. The van der Waals surface area contributed by atoms with Crippen LogP contribution < -0.4 is 4.74 Å².